The summed E-state index contributed by atoms with van der Waals surface area (Å²) in [7, 11) is 0. The zero-order chi connectivity index (χ0) is 51.4. The van der Waals surface area contributed by atoms with Gasteiger partial charge in [-0.3, -0.25) is 14.4 Å². The van der Waals surface area contributed by atoms with E-state index in [2.05, 4.69) is 118 Å². The number of allylic oxidation sites excluding steroid dienone is 16. The minimum atomic E-state index is -0.802. The average Bonchev–Trinajstić information content (AvgIpc) is 3.37. The fourth-order valence-electron chi connectivity index (χ4n) is 8.01. The molecule has 0 aromatic carbocycles. The molecule has 0 spiro atoms. The van der Waals surface area contributed by atoms with Crippen LogP contribution in [0.2, 0.25) is 0 Å². The Morgan fingerprint density at radius 1 is 0.282 bits per heavy atom. The molecule has 0 aromatic heterocycles. The number of ether oxygens (including phenoxy) is 3. The summed E-state index contributed by atoms with van der Waals surface area (Å²) in [5.74, 6) is -0.940. The molecule has 71 heavy (non-hydrogen) atoms. The lowest BCUT2D eigenvalue weighted by Gasteiger charge is -2.18. The zero-order valence-corrected chi connectivity index (χ0v) is 46.5. The highest BCUT2D eigenvalue weighted by Gasteiger charge is 2.19. The number of hydrogen-bond acceptors (Lipinski definition) is 6. The summed E-state index contributed by atoms with van der Waals surface area (Å²) in [6, 6.07) is 0. The molecule has 0 aromatic rings. The van der Waals surface area contributed by atoms with E-state index >= 15 is 0 Å². The summed E-state index contributed by atoms with van der Waals surface area (Å²) in [6.07, 6.45) is 78.2. The van der Waals surface area contributed by atoms with Crippen LogP contribution in [0.1, 0.15) is 278 Å². The van der Waals surface area contributed by atoms with E-state index in [0.717, 1.165) is 116 Å². The summed E-state index contributed by atoms with van der Waals surface area (Å²) in [6.45, 7) is 6.53. The van der Waals surface area contributed by atoms with Gasteiger partial charge in [0.2, 0.25) is 0 Å². The first kappa shape index (κ1) is 67.3. The van der Waals surface area contributed by atoms with E-state index in [1.54, 1.807) is 0 Å². The maximum Gasteiger partial charge on any atom is 0.306 e. The molecule has 0 rings (SSSR count). The lowest BCUT2D eigenvalue weighted by molar-refractivity contribution is -0.167. The zero-order valence-electron chi connectivity index (χ0n) is 46.5. The number of carbonyl (C=O) groups excluding carboxylic acids is 3. The van der Waals surface area contributed by atoms with E-state index in [9.17, 15) is 14.4 Å². The Kier molecular flexibility index (Phi) is 55.9. The number of unbranched alkanes of at least 4 members (excludes halogenated alkanes) is 26. The van der Waals surface area contributed by atoms with Crippen molar-refractivity contribution in [1.82, 2.24) is 0 Å². The molecule has 0 unspecified atom stereocenters. The molecule has 0 heterocycles. The highest BCUT2D eigenvalue weighted by atomic mass is 16.6. The van der Waals surface area contributed by atoms with Gasteiger partial charge in [-0.05, 0) is 128 Å². The predicted molar refractivity (Wildman–Crippen MR) is 307 cm³/mol. The fourth-order valence-corrected chi connectivity index (χ4v) is 8.01. The van der Waals surface area contributed by atoms with Crippen LogP contribution < -0.4 is 0 Å². The molecule has 0 amide bonds. The molecule has 0 saturated heterocycles. The third kappa shape index (κ3) is 57.1. The van der Waals surface area contributed by atoms with Crippen LogP contribution in [0, 0.1) is 0 Å². The second kappa shape index (κ2) is 58.9. The molecule has 0 aliphatic heterocycles. The van der Waals surface area contributed by atoms with Crippen molar-refractivity contribution in [3.63, 3.8) is 0 Å². The summed E-state index contributed by atoms with van der Waals surface area (Å²) >= 11 is 0. The Morgan fingerprint density at radius 3 is 0.789 bits per heavy atom. The maximum absolute atomic E-state index is 12.9. The lowest BCUT2D eigenvalue weighted by Crippen LogP contribution is -2.30. The van der Waals surface area contributed by atoms with Gasteiger partial charge in [0, 0.05) is 19.3 Å². The molecule has 0 N–H and O–H groups in total. The van der Waals surface area contributed by atoms with Crippen molar-refractivity contribution in [3.05, 3.63) is 97.2 Å². The molecule has 0 bridgehead atoms. The van der Waals surface area contributed by atoms with Gasteiger partial charge in [0.25, 0.3) is 0 Å². The second-order valence-corrected chi connectivity index (χ2v) is 19.5. The number of esters is 3. The van der Waals surface area contributed by atoms with Crippen molar-refractivity contribution in [2.75, 3.05) is 13.2 Å². The Bertz CT molecular complexity index is 1410. The van der Waals surface area contributed by atoms with Crippen molar-refractivity contribution in [3.8, 4) is 0 Å². The van der Waals surface area contributed by atoms with E-state index in [4.69, 9.17) is 14.2 Å². The van der Waals surface area contributed by atoms with Crippen LogP contribution in [-0.2, 0) is 28.6 Å². The lowest BCUT2D eigenvalue weighted by atomic mass is 10.1. The first-order valence-corrected chi connectivity index (χ1v) is 29.7. The summed E-state index contributed by atoms with van der Waals surface area (Å²) in [4.78, 5) is 38.2. The standard InChI is InChI=1S/C65H110O6/c1-4-7-10-13-16-19-22-25-28-31-32-35-37-40-43-46-49-52-55-58-64(67)70-61-62(71-65(68)59-56-53-50-47-44-41-38-34-30-27-24-21-18-15-12-9-6-3)60-69-63(66)57-54-51-48-45-42-39-36-33-29-26-23-20-17-14-11-8-5-2/h16-21,25-30,36,38-39,41,62H,4-15,22-24,31-35,37,40,42-61H2,1-3H3/b19-16+,20-17+,21-18+,28-25+,29-26+,30-27+,39-36+,41-38+/t62-/m1/s1. The number of hydrogen-bond donors (Lipinski definition) is 0. The van der Waals surface area contributed by atoms with Crippen molar-refractivity contribution in [1.29, 1.82) is 0 Å². The van der Waals surface area contributed by atoms with Crippen LogP contribution in [0.3, 0.4) is 0 Å². The highest BCUT2D eigenvalue weighted by Crippen LogP contribution is 2.14. The Labute approximate surface area is 438 Å². The molecular weight excluding hydrogens is 877 g/mol. The number of carbonyl (C=O) groups is 3. The van der Waals surface area contributed by atoms with E-state index in [0.29, 0.717) is 19.3 Å². The summed E-state index contributed by atoms with van der Waals surface area (Å²) in [5.41, 5.74) is 0. The van der Waals surface area contributed by atoms with E-state index in [1.807, 2.05) is 0 Å². The van der Waals surface area contributed by atoms with Gasteiger partial charge in [0.15, 0.2) is 6.10 Å². The Balaban J connectivity index is 4.47. The quantitative estimate of drug-likeness (QED) is 0.0261. The van der Waals surface area contributed by atoms with Crippen LogP contribution in [0.4, 0.5) is 0 Å². The smallest absolute Gasteiger partial charge is 0.306 e. The predicted octanol–water partition coefficient (Wildman–Crippen LogP) is 20.1. The van der Waals surface area contributed by atoms with Crippen LogP contribution in [0.15, 0.2) is 97.2 Å². The molecule has 406 valence electrons. The molecule has 0 aliphatic rings. The van der Waals surface area contributed by atoms with Crippen molar-refractivity contribution in [2.24, 2.45) is 0 Å². The highest BCUT2D eigenvalue weighted by molar-refractivity contribution is 5.71. The van der Waals surface area contributed by atoms with Crippen LogP contribution in [-0.4, -0.2) is 37.2 Å². The molecular formula is C65H110O6. The fraction of sp³-hybridized carbons (Fsp3) is 0.708. The first-order chi connectivity index (χ1) is 35.0. The van der Waals surface area contributed by atoms with Gasteiger partial charge in [-0.25, -0.2) is 0 Å². The molecule has 0 radical (unpaired) electrons. The minimum absolute atomic E-state index is 0.0967. The minimum Gasteiger partial charge on any atom is -0.462 e. The van der Waals surface area contributed by atoms with E-state index < -0.39 is 6.10 Å². The molecule has 6 nitrogen and oxygen atoms in total. The second-order valence-electron chi connectivity index (χ2n) is 19.5. The Hall–Kier alpha value is -3.67. The number of rotatable bonds is 53. The Morgan fingerprint density at radius 2 is 0.507 bits per heavy atom. The monoisotopic (exact) mass is 987 g/mol. The molecule has 0 aliphatic carbocycles. The van der Waals surface area contributed by atoms with Gasteiger partial charge >= 0.3 is 17.9 Å². The molecule has 0 fully saturated rings. The third-order valence-corrected chi connectivity index (χ3v) is 12.5. The third-order valence-electron chi connectivity index (χ3n) is 12.5. The van der Waals surface area contributed by atoms with Gasteiger partial charge in [-0.1, -0.05) is 227 Å². The topological polar surface area (TPSA) is 78.9 Å². The average molecular weight is 988 g/mol. The van der Waals surface area contributed by atoms with Gasteiger partial charge in [0.1, 0.15) is 13.2 Å². The first-order valence-electron chi connectivity index (χ1n) is 29.7. The van der Waals surface area contributed by atoms with Crippen molar-refractivity contribution < 1.29 is 28.6 Å². The van der Waals surface area contributed by atoms with Crippen molar-refractivity contribution in [2.45, 2.75) is 284 Å². The van der Waals surface area contributed by atoms with Crippen LogP contribution >= 0.6 is 0 Å². The van der Waals surface area contributed by atoms with Gasteiger partial charge in [-0.15, -0.1) is 0 Å². The maximum atomic E-state index is 12.9. The normalized spacial score (nSPS) is 12.8. The molecule has 0 saturated carbocycles. The SMILES string of the molecule is CCCCC/C=C/C/C=C/C/C=C/CCCCCCC(=O)OC[C@H](COC(=O)CCCCCCCCCCC/C=C/C/C=C/CCCCC)OC(=O)CCCCCC/C=C/C/C=C/C/C=C/CCCCC. The summed E-state index contributed by atoms with van der Waals surface area (Å²) < 4.78 is 16.9. The van der Waals surface area contributed by atoms with Crippen molar-refractivity contribution >= 4 is 17.9 Å². The summed E-state index contributed by atoms with van der Waals surface area (Å²) in [5, 5.41) is 0. The van der Waals surface area contributed by atoms with Crippen LogP contribution in [0.25, 0.3) is 0 Å². The van der Waals surface area contributed by atoms with Gasteiger partial charge in [0.05, 0.1) is 0 Å². The van der Waals surface area contributed by atoms with E-state index in [-0.39, 0.29) is 31.1 Å². The van der Waals surface area contributed by atoms with Crippen LogP contribution in [0.5, 0.6) is 0 Å². The largest absolute Gasteiger partial charge is 0.462 e. The van der Waals surface area contributed by atoms with Gasteiger partial charge < -0.3 is 14.2 Å². The molecule has 6 heteroatoms. The van der Waals surface area contributed by atoms with Gasteiger partial charge in [-0.2, -0.15) is 0 Å². The van der Waals surface area contributed by atoms with E-state index in [1.165, 1.54) is 122 Å². The molecule has 1 atom stereocenters.